The first kappa shape index (κ1) is 20.6. The van der Waals surface area contributed by atoms with Crippen molar-refractivity contribution >= 4 is 29.2 Å². The van der Waals surface area contributed by atoms with E-state index in [0.29, 0.717) is 16.4 Å². The van der Waals surface area contributed by atoms with Gasteiger partial charge in [0, 0.05) is 12.2 Å². The van der Waals surface area contributed by atoms with Gasteiger partial charge in [0.2, 0.25) is 5.88 Å². The minimum absolute atomic E-state index is 0.0123. The van der Waals surface area contributed by atoms with Crippen molar-refractivity contribution in [2.75, 3.05) is 0 Å². The fraction of sp³-hybridized carbons (Fsp3) is 0.217. The van der Waals surface area contributed by atoms with Gasteiger partial charge >= 0.3 is 0 Å². The lowest BCUT2D eigenvalue weighted by Crippen LogP contribution is -2.33. The van der Waals surface area contributed by atoms with Gasteiger partial charge in [-0.25, -0.2) is 0 Å². The molecular weight excluding hydrogens is 416 g/mol. The molecule has 156 valence electrons. The lowest BCUT2D eigenvalue weighted by atomic mass is 10.1. The fourth-order valence-electron chi connectivity index (χ4n) is 3.54. The molecule has 1 saturated carbocycles. The number of benzene rings is 1. The van der Waals surface area contributed by atoms with E-state index in [4.69, 9.17) is 16.3 Å². The van der Waals surface area contributed by atoms with Gasteiger partial charge in [0.25, 0.3) is 11.5 Å². The molecule has 1 N–H and O–H groups in total. The summed E-state index contributed by atoms with van der Waals surface area (Å²) in [5.41, 5.74) is -0.304. The quantitative estimate of drug-likeness (QED) is 0.481. The highest BCUT2D eigenvalue weighted by Gasteiger charge is 2.21. The summed E-state index contributed by atoms with van der Waals surface area (Å²) in [6.45, 7) is 0. The molecule has 2 aromatic heterocycles. The number of hydrogen-bond acceptors (Lipinski definition) is 5. The third kappa shape index (κ3) is 4.44. The SMILES string of the molecule is N#CC(=Cc1c(Oc2ccccc2Cl)nc2ccccn2c1=O)C(=O)NC1CCCC1. The molecule has 31 heavy (non-hydrogen) atoms. The van der Waals surface area contributed by atoms with Crippen LogP contribution in [-0.4, -0.2) is 21.3 Å². The maximum atomic E-state index is 13.2. The average Bonchev–Trinajstić information content (AvgIpc) is 3.28. The summed E-state index contributed by atoms with van der Waals surface area (Å²) in [7, 11) is 0. The first-order chi connectivity index (χ1) is 15.1. The van der Waals surface area contributed by atoms with Crippen LogP contribution in [0.1, 0.15) is 31.2 Å². The van der Waals surface area contributed by atoms with Crippen molar-refractivity contribution in [2.24, 2.45) is 0 Å². The van der Waals surface area contributed by atoms with Crippen LogP contribution in [0.15, 0.2) is 59.0 Å². The van der Waals surface area contributed by atoms with Gasteiger partial charge in [0.15, 0.2) is 0 Å². The predicted octanol–water partition coefficient (Wildman–Crippen LogP) is 4.11. The second kappa shape index (κ2) is 9.02. The molecule has 1 aliphatic rings. The van der Waals surface area contributed by atoms with Crippen molar-refractivity contribution in [3.63, 3.8) is 0 Å². The van der Waals surface area contributed by atoms with Crippen molar-refractivity contribution in [1.82, 2.24) is 14.7 Å². The third-order valence-corrected chi connectivity index (χ3v) is 5.43. The van der Waals surface area contributed by atoms with E-state index in [1.165, 1.54) is 10.5 Å². The van der Waals surface area contributed by atoms with Crippen molar-refractivity contribution in [3.05, 3.63) is 75.2 Å². The summed E-state index contributed by atoms with van der Waals surface area (Å²) in [6.07, 6.45) is 6.64. The number of hydrogen-bond donors (Lipinski definition) is 1. The van der Waals surface area contributed by atoms with Gasteiger partial charge in [-0.1, -0.05) is 42.6 Å². The van der Waals surface area contributed by atoms with E-state index < -0.39 is 11.5 Å². The minimum atomic E-state index is -0.518. The first-order valence-electron chi connectivity index (χ1n) is 9.93. The molecule has 3 aromatic rings. The topological polar surface area (TPSA) is 96.5 Å². The molecule has 1 aliphatic carbocycles. The molecule has 0 bridgehead atoms. The number of carbonyl (C=O) groups excluding carboxylic acids is 1. The highest BCUT2D eigenvalue weighted by Crippen LogP contribution is 2.30. The van der Waals surface area contributed by atoms with Crippen LogP contribution in [0.4, 0.5) is 0 Å². The number of para-hydroxylation sites is 1. The van der Waals surface area contributed by atoms with Crippen molar-refractivity contribution < 1.29 is 9.53 Å². The number of amides is 1. The van der Waals surface area contributed by atoms with E-state index in [9.17, 15) is 14.9 Å². The van der Waals surface area contributed by atoms with Gasteiger partial charge in [-0.15, -0.1) is 0 Å². The molecule has 1 aromatic carbocycles. The summed E-state index contributed by atoms with van der Waals surface area (Å²) in [5, 5.41) is 12.8. The summed E-state index contributed by atoms with van der Waals surface area (Å²) in [6, 6.07) is 13.8. The molecular formula is C23H19ClN4O3. The van der Waals surface area contributed by atoms with Crippen molar-refractivity contribution in [2.45, 2.75) is 31.7 Å². The third-order valence-electron chi connectivity index (χ3n) is 5.12. The van der Waals surface area contributed by atoms with Gasteiger partial charge in [-0.05, 0) is 43.2 Å². The zero-order valence-electron chi connectivity index (χ0n) is 16.5. The molecule has 0 spiro atoms. The highest BCUT2D eigenvalue weighted by atomic mass is 35.5. The van der Waals surface area contributed by atoms with Gasteiger partial charge in [-0.2, -0.15) is 10.2 Å². The van der Waals surface area contributed by atoms with Gasteiger partial charge in [0.05, 0.1) is 5.02 Å². The summed E-state index contributed by atoms with van der Waals surface area (Å²) < 4.78 is 7.17. The van der Waals surface area contributed by atoms with Crippen LogP contribution in [0.2, 0.25) is 5.02 Å². The lowest BCUT2D eigenvalue weighted by molar-refractivity contribution is -0.117. The molecule has 7 nitrogen and oxygen atoms in total. The number of pyridine rings is 1. The molecule has 2 heterocycles. The second-order valence-corrected chi connectivity index (χ2v) is 7.63. The van der Waals surface area contributed by atoms with Crippen LogP contribution < -0.4 is 15.6 Å². The van der Waals surface area contributed by atoms with E-state index in [1.54, 1.807) is 48.7 Å². The lowest BCUT2D eigenvalue weighted by Gasteiger charge is -2.12. The minimum Gasteiger partial charge on any atom is -0.437 e. The first-order valence-corrected chi connectivity index (χ1v) is 10.3. The van der Waals surface area contributed by atoms with Crippen molar-refractivity contribution in [3.8, 4) is 17.7 Å². The molecule has 0 atom stereocenters. The summed E-state index contributed by atoms with van der Waals surface area (Å²) in [4.78, 5) is 30.2. The number of carbonyl (C=O) groups is 1. The van der Waals surface area contributed by atoms with Gasteiger partial charge < -0.3 is 10.1 Å². The number of fused-ring (bicyclic) bond motifs is 1. The monoisotopic (exact) mass is 434 g/mol. The zero-order valence-corrected chi connectivity index (χ0v) is 17.3. The number of nitrogens with zero attached hydrogens (tertiary/aromatic N) is 3. The van der Waals surface area contributed by atoms with E-state index in [0.717, 1.165) is 25.7 Å². The Morgan fingerprint density at radius 1 is 1.23 bits per heavy atom. The number of nitrogens with one attached hydrogen (secondary N) is 1. The molecule has 1 amide bonds. The molecule has 0 unspecified atom stereocenters. The Balaban J connectivity index is 1.80. The molecule has 1 fully saturated rings. The molecule has 4 rings (SSSR count). The van der Waals surface area contributed by atoms with E-state index in [1.807, 2.05) is 6.07 Å². The maximum Gasteiger partial charge on any atom is 0.269 e. The van der Waals surface area contributed by atoms with Crippen LogP contribution >= 0.6 is 11.6 Å². The average molecular weight is 435 g/mol. The number of ether oxygens (including phenoxy) is 1. The largest absolute Gasteiger partial charge is 0.437 e. The smallest absolute Gasteiger partial charge is 0.269 e. The molecule has 0 aliphatic heterocycles. The second-order valence-electron chi connectivity index (χ2n) is 7.22. The normalized spacial score (nSPS) is 14.4. The van der Waals surface area contributed by atoms with Crippen molar-refractivity contribution in [1.29, 1.82) is 5.26 Å². The number of nitriles is 1. The summed E-state index contributed by atoms with van der Waals surface area (Å²) in [5.74, 6) is -0.249. The Bertz CT molecular complexity index is 1270. The van der Waals surface area contributed by atoms with E-state index in [-0.39, 0.29) is 23.1 Å². The fourth-order valence-corrected chi connectivity index (χ4v) is 3.72. The molecule has 0 saturated heterocycles. The number of rotatable bonds is 5. The highest BCUT2D eigenvalue weighted by molar-refractivity contribution is 6.32. The van der Waals surface area contributed by atoms with E-state index in [2.05, 4.69) is 10.3 Å². The molecule has 0 radical (unpaired) electrons. The Labute approximate surface area is 183 Å². The number of halogens is 1. The Kier molecular flexibility index (Phi) is 6.01. The van der Waals surface area contributed by atoms with Crippen LogP contribution in [0.25, 0.3) is 11.7 Å². The van der Waals surface area contributed by atoms with Gasteiger partial charge in [-0.3, -0.25) is 14.0 Å². The van der Waals surface area contributed by atoms with Crippen LogP contribution in [0.3, 0.4) is 0 Å². The Morgan fingerprint density at radius 3 is 2.71 bits per heavy atom. The predicted molar refractivity (Wildman–Crippen MR) is 117 cm³/mol. The van der Waals surface area contributed by atoms with Crippen LogP contribution in [0.5, 0.6) is 11.6 Å². The zero-order chi connectivity index (χ0) is 21.8. The Hall–Kier alpha value is -3.63. The maximum absolute atomic E-state index is 13.2. The standard InChI is InChI=1S/C23H19ClN4O3/c24-18-9-3-4-10-19(18)31-22-17(23(30)28-12-6-5-11-20(28)27-22)13-15(14-25)21(29)26-16-7-1-2-8-16/h3-6,9-13,16H,1-2,7-8H2,(H,26,29). The molecule has 8 heteroatoms. The Morgan fingerprint density at radius 2 is 1.97 bits per heavy atom. The van der Waals surface area contributed by atoms with Gasteiger partial charge in [0.1, 0.15) is 28.6 Å². The van der Waals surface area contributed by atoms with Crippen LogP contribution in [-0.2, 0) is 4.79 Å². The van der Waals surface area contributed by atoms with Crippen LogP contribution in [0, 0.1) is 11.3 Å². The summed E-state index contributed by atoms with van der Waals surface area (Å²) >= 11 is 6.20. The van der Waals surface area contributed by atoms with E-state index >= 15 is 0 Å². The number of aromatic nitrogens is 2.